The van der Waals surface area contributed by atoms with E-state index in [9.17, 15) is 6.57 Å². The summed E-state index contributed by atoms with van der Waals surface area (Å²) in [4.78, 5) is 16.0. The molecule has 0 fully saturated rings. The van der Waals surface area contributed by atoms with Crippen molar-refractivity contribution < 1.29 is 4.42 Å². The lowest BCUT2D eigenvalue weighted by Gasteiger charge is -2.23. The molecule has 0 aliphatic heterocycles. The van der Waals surface area contributed by atoms with E-state index in [0.717, 1.165) is 171 Å². The van der Waals surface area contributed by atoms with Gasteiger partial charge in [0.05, 0.1) is 73.5 Å². The second kappa shape index (κ2) is 25.3. The van der Waals surface area contributed by atoms with Gasteiger partial charge in [0.15, 0.2) is 11.4 Å². The van der Waals surface area contributed by atoms with Crippen molar-refractivity contribution in [3.05, 3.63) is 388 Å². The highest BCUT2D eigenvalue weighted by Crippen LogP contribution is 2.55. The van der Waals surface area contributed by atoms with Gasteiger partial charge in [0, 0.05) is 54.4 Å². The Balaban J connectivity index is 0.984. The van der Waals surface area contributed by atoms with E-state index in [4.69, 9.17) is 19.2 Å². The molecule has 0 amide bonds. The molecule has 502 valence electrons. The van der Waals surface area contributed by atoms with E-state index in [0.29, 0.717) is 39.7 Å². The van der Waals surface area contributed by atoms with Crippen molar-refractivity contribution in [3.8, 4) is 118 Å². The quantitative estimate of drug-likeness (QED) is 0.115. The number of aromatic nitrogens is 5. The largest absolute Gasteiger partial charge is 0.454 e. The second-order valence-electron chi connectivity index (χ2n) is 27.8. The number of nitrogens with zero attached hydrogens (tertiary/aromatic N) is 6. The van der Waals surface area contributed by atoms with Gasteiger partial charge in [0.1, 0.15) is 5.58 Å². The maximum atomic E-state index is 10.5. The van der Waals surface area contributed by atoms with Crippen LogP contribution in [-0.4, -0.2) is 23.7 Å². The highest BCUT2D eigenvalue weighted by Gasteiger charge is 2.34. The van der Waals surface area contributed by atoms with Crippen molar-refractivity contribution in [1.29, 1.82) is 0 Å². The van der Waals surface area contributed by atoms with Crippen LogP contribution in [0, 0.1) is 6.57 Å². The minimum absolute atomic E-state index is 0.394. The van der Waals surface area contributed by atoms with Gasteiger partial charge in [-0.3, -0.25) is 0 Å². The molecule has 0 spiro atoms. The molecule has 0 radical (unpaired) electrons. The molecule has 0 aliphatic carbocycles. The number of hydrogen-bond donors (Lipinski definition) is 0. The lowest BCUT2D eigenvalue weighted by molar-refractivity contribution is 0.667. The van der Waals surface area contributed by atoms with Crippen LogP contribution in [0.2, 0.25) is 0 Å². The third-order valence-corrected chi connectivity index (χ3v) is 21.7. The summed E-state index contributed by atoms with van der Waals surface area (Å²) in [7, 11) is 0. The normalized spacial score (nSPS) is 11.7. The Bertz CT molecular complexity index is 6830. The Kier molecular flexibility index (Phi) is 14.5. The fourth-order valence-corrected chi connectivity index (χ4v) is 16.6. The Morgan fingerprint density at radius 3 is 0.861 bits per heavy atom. The molecule has 0 bridgehead atoms. The highest BCUT2D eigenvalue weighted by atomic mass is 16.3. The standard InChI is InChI=1S/C101H62N6O/c1-102-95-97(106-90-53-47-74(66-31-14-4-15-32-66)59-82(90)83-60-75(48-54-91(83)106)67-33-16-5-17-34-67)96(105-88-51-45-72(64-27-10-2-11-28-64)57-80(88)81-58-73(46-52-89(81)105)65-29-12-3-13-30-65)94-79-44-26-43-78(87-63-86(70-39-22-8-23-40-70)103-101(104-87)71-41-24-9-25-42-71)99(79)108-100(94)98(95)107-92-55-49-76(68-35-18-6-19-36-68)61-84(92)85-62-77(50-56-93(85)107)69-37-20-7-21-38-69/h2-63H. The summed E-state index contributed by atoms with van der Waals surface area (Å²) in [6.45, 7) is 10.5. The second-order valence-corrected chi connectivity index (χ2v) is 27.8. The van der Waals surface area contributed by atoms with Crippen LogP contribution >= 0.6 is 0 Å². The number of fused-ring (bicyclic) bond motifs is 12. The SMILES string of the molecule is [C-]#[N+]c1c(-n2c3ccc(-c4ccccc4)cc3c3cc(-c4ccccc4)ccc32)c(-n2c3ccc(-c4ccccc4)cc3c3cc(-c4ccccc4)ccc32)c2c(oc3c(-c4cc(-c5ccccc5)nc(-c5ccccc5)n4)cccc32)c1-n1c2ccc(-c3ccccc3)cc2c2cc(-c3ccccc3)ccc21. The van der Waals surface area contributed by atoms with Crippen molar-refractivity contribution in [2.75, 3.05) is 0 Å². The number of benzene rings is 16. The van der Waals surface area contributed by atoms with Crippen LogP contribution in [-0.2, 0) is 0 Å². The summed E-state index contributed by atoms with van der Waals surface area (Å²) in [6, 6.07) is 134. The van der Waals surface area contributed by atoms with E-state index in [-0.39, 0.29) is 0 Å². The fourth-order valence-electron chi connectivity index (χ4n) is 16.6. The molecule has 108 heavy (non-hydrogen) atoms. The Morgan fingerprint density at radius 1 is 0.231 bits per heavy atom. The van der Waals surface area contributed by atoms with Crippen LogP contribution in [0.3, 0.4) is 0 Å². The molecule has 7 heteroatoms. The highest BCUT2D eigenvalue weighted by molar-refractivity contribution is 6.25. The zero-order chi connectivity index (χ0) is 71.3. The summed E-state index contributed by atoms with van der Waals surface area (Å²) < 4.78 is 15.4. The maximum Gasteiger partial charge on any atom is 0.239 e. The summed E-state index contributed by atoms with van der Waals surface area (Å²) in [5.74, 6) is 0.585. The molecule has 0 unspecified atom stereocenters. The average molecular weight is 1380 g/mol. The molecule has 0 atom stereocenters. The van der Waals surface area contributed by atoms with E-state index in [2.05, 4.69) is 366 Å². The predicted molar refractivity (Wildman–Crippen MR) is 448 cm³/mol. The van der Waals surface area contributed by atoms with Gasteiger partial charge in [0.2, 0.25) is 5.69 Å². The summed E-state index contributed by atoms with van der Waals surface area (Å²) in [5.41, 5.74) is 26.4. The van der Waals surface area contributed by atoms with Crippen molar-refractivity contribution in [1.82, 2.24) is 23.7 Å². The first-order valence-corrected chi connectivity index (χ1v) is 36.5. The molecule has 0 aliphatic rings. The molecule has 16 aromatic carbocycles. The molecule has 0 saturated heterocycles. The minimum Gasteiger partial charge on any atom is -0.454 e. The van der Waals surface area contributed by atoms with Gasteiger partial charge in [0.25, 0.3) is 0 Å². The smallest absolute Gasteiger partial charge is 0.239 e. The van der Waals surface area contributed by atoms with Crippen LogP contribution < -0.4 is 0 Å². The van der Waals surface area contributed by atoms with E-state index in [1.165, 1.54) is 0 Å². The van der Waals surface area contributed by atoms with Gasteiger partial charge in [-0.05, 0) is 152 Å². The molecule has 0 saturated carbocycles. The predicted octanol–water partition coefficient (Wildman–Crippen LogP) is 27.2. The van der Waals surface area contributed by atoms with Gasteiger partial charge < -0.3 is 18.1 Å². The molecule has 21 aromatic rings. The minimum atomic E-state index is 0.394. The summed E-state index contributed by atoms with van der Waals surface area (Å²) in [6.07, 6.45) is 0. The first kappa shape index (κ1) is 61.9. The van der Waals surface area contributed by atoms with E-state index in [1.807, 2.05) is 24.3 Å². The van der Waals surface area contributed by atoms with Crippen LogP contribution in [0.15, 0.2) is 381 Å². The Morgan fingerprint density at radius 2 is 0.528 bits per heavy atom. The molecular weight excluding hydrogens is 1310 g/mol. The van der Waals surface area contributed by atoms with E-state index < -0.39 is 0 Å². The van der Waals surface area contributed by atoms with Crippen LogP contribution in [0.1, 0.15) is 0 Å². The van der Waals surface area contributed by atoms with Crippen LogP contribution in [0.4, 0.5) is 5.69 Å². The molecule has 21 rings (SSSR count). The molecule has 5 aromatic heterocycles. The number of para-hydroxylation sites is 1. The Labute approximate surface area is 622 Å². The van der Waals surface area contributed by atoms with E-state index >= 15 is 0 Å². The average Bonchev–Trinajstić information content (AvgIpc) is 1.52. The molecule has 7 nitrogen and oxygen atoms in total. The van der Waals surface area contributed by atoms with Crippen molar-refractivity contribution in [3.63, 3.8) is 0 Å². The van der Waals surface area contributed by atoms with Gasteiger partial charge >= 0.3 is 0 Å². The van der Waals surface area contributed by atoms with E-state index in [1.54, 1.807) is 0 Å². The molecule has 5 heterocycles. The molecular formula is C101H62N6O. The monoisotopic (exact) mass is 1370 g/mol. The maximum absolute atomic E-state index is 10.5. The van der Waals surface area contributed by atoms with Crippen molar-refractivity contribution in [2.24, 2.45) is 0 Å². The van der Waals surface area contributed by atoms with Crippen molar-refractivity contribution >= 4 is 93.0 Å². The van der Waals surface area contributed by atoms with Crippen LogP contribution in [0.5, 0.6) is 0 Å². The topological polar surface area (TPSA) is 58.1 Å². The van der Waals surface area contributed by atoms with Gasteiger partial charge in [-0.2, -0.15) is 0 Å². The first-order valence-electron chi connectivity index (χ1n) is 36.5. The molecule has 0 N–H and O–H groups in total. The number of hydrogen-bond acceptors (Lipinski definition) is 3. The van der Waals surface area contributed by atoms with Crippen molar-refractivity contribution in [2.45, 2.75) is 0 Å². The first-order chi connectivity index (χ1) is 53.5. The third kappa shape index (κ3) is 10.1. The number of rotatable bonds is 12. The lowest BCUT2D eigenvalue weighted by Crippen LogP contribution is -2.08. The zero-order valence-corrected chi connectivity index (χ0v) is 58.4. The Hall–Kier alpha value is -14.7. The zero-order valence-electron chi connectivity index (χ0n) is 58.4. The van der Waals surface area contributed by atoms with Gasteiger partial charge in [-0.25, -0.2) is 14.8 Å². The van der Waals surface area contributed by atoms with Gasteiger partial charge in [-0.15, -0.1) is 0 Å². The number of furan rings is 1. The third-order valence-electron chi connectivity index (χ3n) is 21.7. The summed E-state index contributed by atoms with van der Waals surface area (Å²) in [5, 5.41) is 7.91. The van der Waals surface area contributed by atoms with Crippen LogP contribution in [0.25, 0.3) is 210 Å². The summed E-state index contributed by atoms with van der Waals surface area (Å²) >= 11 is 0. The van der Waals surface area contributed by atoms with Gasteiger partial charge in [-0.1, -0.05) is 291 Å². The fraction of sp³-hybridized carbons (Fsp3) is 0. The lowest BCUT2D eigenvalue weighted by atomic mass is 10.0.